The Hall–Kier alpha value is -3.26. The number of anilines is 2. The normalized spacial score (nSPS) is 10.5. The number of amides is 2. The van der Waals surface area contributed by atoms with Crippen LogP contribution >= 0.6 is 11.3 Å². The molecule has 0 saturated carbocycles. The van der Waals surface area contributed by atoms with Gasteiger partial charge in [0.15, 0.2) is 5.13 Å². The van der Waals surface area contributed by atoms with Crippen molar-refractivity contribution < 1.29 is 18.7 Å². The zero-order valence-electron chi connectivity index (χ0n) is 16.9. The number of hydrogen-bond donors (Lipinski definition) is 2. The highest BCUT2D eigenvalue weighted by molar-refractivity contribution is 7.14. The van der Waals surface area contributed by atoms with E-state index in [-0.39, 0.29) is 24.8 Å². The average molecular weight is 428 g/mol. The molecule has 8 heteroatoms. The van der Waals surface area contributed by atoms with Crippen LogP contribution in [0.2, 0.25) is 0 Å². The van der Waals surface area contributed by atoms with Gasteiger partial charge in [-0.05, 0) is 55.3 Å². The lowest BCUT2D eigenvalue weighted by molar-refractivity contribution is -0.116. The number of ether oxygens (including phenoxy) is 1. The first-order valence-electron chi connectivity index (χ1n) is 9.34. The van der Waals surface area contributed by atoms with E-state index in [1.807, 2.05) is 26.0 Å². The number of aromatic nitrogens is 1. The SMILES string of the molecule is CC(=O)Nc1ccc(-c2csc(NC(=O)CCOc3cc(C)cc(C)c3)n2)c(F)c1. The zero-order chi connectivity index (χ0) is 21.7. The van der Waals surface area contributed by atoms with Crippen molar-refractivity contribution in [2.24, 2.45) is 0 Å². The summed E-state index contributed by atoms with van der Waals surface area (Å²) in [5.41, 5.74) is 3.27. The molecule has 0 atom stereocenters. The van der Waals surface area contributed by atoms with Crippen LogP contribution in [-0.4, -0.2) is 23.4 Å². The number of halogens is 1. The number of nitrogens with one attached hydrogen (secondary N) is 2. The number of rotatable bonds is 7. The van der Waals surface area contributed by atoms with Gasteiger partial charge in [0.05, 0.1) is 18.7 Å². The standard InChI is InChI=1S/C22H22FN3O3S/c1-13-8-14(2)10-17(9-13)29-7-6-21(28)26-22-25-20(12-30-22)18-5-4-16(11-19(18)23)24-15(3)27/h4-5,8-12H,6-7H2,1-3H3,(H,24,27)(H,25,26,28). The summed E-state index contributed by atoms with van der Waals surface area (Å²) in [6.07, 6.45) is 0.168. The van der Waals surface area contributed by atoms with Gasteiger partial charge in [0.2, 0.25) is 11.8 Å². The number of carbonyl (C=O) groups excluding carboxylic acids is 2. The van der Waals surface area contributed by atoms with Crippen molar-refractivity contribution in [3.05, 3.63) is 58.7 Å². The summed E-state index contributed by atoms with van der Waals surface area (Å²) in [5, 5.41) is 7.28. The molecule has 6 nitrogen and oxygen atoms in total. The molecule has 0 aliphatic rings. The van der Waals surface area contributed by atoms with Gasteiger partial charge >= 0.3 is 0 Å². The topological polar surface area (TPSA) is 80.3 Å². The van der Waals surface area contributed by atoms with Crippen LogP contribution in [-0.2, 0) is 9.59 Å². The van der Waals surface area contributed by atoms with Gasteiger partial charge in [-0.3, -0.25) is 9.59 Å². The van der Waals surface area contributed by atoms with E-state index in [4.69, 9.17) is 4.74 Å². The summed E-state index contributed by atoms with van der Waals surface area (Å²) in [6.45, 7) is 5.58. The molecule has 0 spiro atoms. The Labute approximate surface area is 178 Å². The molecule has 156 valence electrons. The second-order valence-corrected chi connectivity index (χ2v) is 7.74. The van der Waals surface area contributed by atoms with Crippen molar-refractivity contribution in [3.63, 3.8) is 0 Å². The lowest BCUT2D eigenvalue weighted by atomic mass is 10.1. The maximum absolute atomic E-state index is 14.4. The molecule has 1 aromatic heterocycles. The monoisotopic (exact) mass is 427 g/mol. The average Bonchev–Trinajstić information content (AvgIpc) is 3.08. The minimum atomic E-state index is -0.508. The van der Waals surface area contributed by atoms with Crippen LogP contribution in [0.25, 0.3) is 11.3 Å². The Morgan fingerprint density at radius 2 is 1.83 bits per heavy atom. The first-order chi connectivity index (χ1) is 14.3. The summed E-state index contributed by atoms with van der Waals surface area (Å²) in [7, 11) is 0. The van der Waals surface area contributed by atoms with Crippen molar-refractivity contribution in [2.75, 3.05) is 17.2 Å². The Balaban J connectivity index is 1.56. The van der Waals surface area contributed by atoms with E-state index in [0.717, 1.165) is 16.9 Å². The van der Waals surface area contributed by atoms with Crippen LogP contribution in [0, 0.1) is 19.7 Å². The van der Waals surface area contributed by atoms with Crippen LogP contribution in [0.15, 0.2) is 41.8 Å². The zero-order valence-corrected chi connectivity index (χ0v) is 17.7. The third kappa shape index (κ3) is 5.87. The molecule has 3 aromatic rings. The Bertz CT molecular complexity index is 1060. The number of hydrogen-bond acceptors (Lipinski definition) is 5. The maximum atomic E-state index is 14.4. The Morgan fingerprint density at radius 1 is 1.10 bits per heavy atom. The minimum absolute atomic E-state index is 0.168. The van der Waals surface area contributed by atoms with Gasteiger partial charge in [-0.15, -0.1) is 11.3 Å². The van der Waals surface area contributed by atoms with E-state index < -0.39 is 5.82 Å². The lowest BCUT2D eigenvalue weighted by Gasteiger charge is -2.08. The van der Waals surface area contributed by atoms with E-state index in [1.165, 1.54) is 24.3 Å². The van der Waals surface area contributed by atoms with E-state index in [0.29, 0.717) is 22.1 Å². The molecule has 0 radical (unpaired) electrons. The summed E-state index contributed by atoms with van der Waals surface area (Å²) in [5.74, 6) is -0.287. The molecule has 2 amide bonds. The molecule has 30 heavy (non-hydrogen) atoms. The molecule has 2 N–H and O–H groups in total. The highest BCUT2D eigenvalue weighted by Crippen LogP contribution is 2.28. The van der Waals surface area contributed by atoms with Gasteiger partial charge in [-0.1, -0.05) is 6.07 Å². The summed E-state index contributed by atoms with van der Waals surface area (Å²) in [4.78, 5) is 27.5. The fourth-order valence-corrected chi connectivity index (χ4v) is 3.65. The Morgan fingerprint density at radius 3 is 2.50 bits per heavy atom. The molecule has 0 aliphatic heterocycles. The smallest absolute Gasteiger partial charge is 0.229 e. The van der Waals surface area contributed by atoms with Gasteiger partial charge in [-0.2, -0.15) is 0 Å². The quantitative estimate of drug-likeness (QED) is 0.560. The van der Waals surface area contributed by atoms with Gasteiger partial charge in [0.1, 0.15) is 11.6 Å². The fraction of sp³-hybridized carbons (Fsp3) is 0.227. The van der Waals surface area contributed by atoms with Crippen LogP contribution in [0.5, 0.6) is 5.75 Å². The highest BCUT2D eigenvalue weighted by atomic mass is 32.1. The largest absolute Gasteiger partial charge is 0.493 e. The van der Waals surface area contributed by atoms with Crippen molar-refractivity contribution in [1.82, 2.24) is 4.98 Å². The van der Waals surface area contributed by atoms with E-state index in [1.54, 1.807) is 17.5 Å². The summed E-state index contributed by atoms with van der Waals surface area (Å²) >= 11 is 1.21. The number of thiazole rings is 1. The molecule has 2 aromatic carbocycles. The number of benzene rings is 2. The molecule has 0 saturated heterocycles. The highest BCUT2D eigenvalue weighted by Gasteiger charge is 2.12. The third-order valence-corrected chi connectivity index (χ3v) is 4.87. The maximum Gasteiger partial charge on any atom is 0.229 e. The third-order valence-electron chi connectivity index (χ3n) is 4.11. The van der Waals surface area contributed by atoms with Crippen molar-refractivity contribution in [1.29, 1.82) is 0 Å². The molecule has 0 fully saturated rings. The molecule has 0 bridgehead atoms. The first kappa shape index (κ1) is 21.4. The van der Waals surface area contributed by atoms with Gasteiger partial charge in [0.25, 0.3) is 0 Å². The summed E-state index contributed by atoms with van der Waals surface area (Å²) in [6, 6.07) is 10.3. The Kier molecular flexibility index (Phi) is 6.79. The van der Waals surface area contributed by atoms with Crippen LogP contribution in [0.3, 0.4) is 0 Å². The van der Waals surface area contributed by atoms with Crippen LogP contribution in [0.1, 0.15) is 24.5 Å². The molecular formula is C22H22FN3O3S. The predicted molar refractivity (Wildman–Crippen MR) is 116 cm³/mol. The van der Waals surface area contributed by atoms with Crippen molar-refractivity contribution in [3.8, 4) is 17.0 Å². The number of nitrogens with zero attached hydrogens (tertiary/aromatic N) is 1. The van der Waals surface area contributed by atoms with Crippen molar-refractivity contribution >= 4 is 34.0 Å². The van der Waals surface area contributed by atoms with E-state index in [9.17, 15) is 14.0 Å². The van der Waals surface area contributed by atoms with E-state index >= 15 is 0 Å². The van der Waals surface area contributed by atoms with Crippen LogP contribution in [0.4, 0.5) is 15.2 Å². The fourth-order valence-electron chi connectivity index (χ4n) is 2.92. The lowest BCUT2D eigenvalue weighted by Crippen LogP contribution is -2.15. The second kappa shape index (κ2) is 9.49. The molecule has 3 rings (SSSR count). The van der Waals surface area contributed by atoms with Gasteiger partial charge < -0.3 is 15.4 Å². The molecule has 0 unspecified atom stereocenters. The molecule has 1 heterocycles. The van der Waals surface area contributed by atoms with Crippen LogP contribution < -0.4 is 15.4 Å². The van der Waals surface area contributed by atoms with E-state index in [2.05, 4.69) is 21.7 Å². The van der Waals surface area contributed by atoms with Gasteiger partial charge in [0, 0.05) is 23.6 Å². The number of aryl methyl sites for hydroxylation is 2. The second-order valence-electron chi connectivity index (χ2n) is 6.88. The van der Waals surface area contributed by atoms with Crippen molar-refractivity contribution in [2.45, 2.75) is 27.2 Å². The minimum Gasteiger partial charge on any atom is -0.493 e. The number of carbonyl (C=O) groups is 2. The first-order valence-corrected chi connectivity index (χ1v) is 10.2. The molecular weight excluding hydrogens is 405 g/mol. The predicted octanol–water partition coefficient (Wildman–Crippen LogP) is 4.93. The summed E-state index contributed by atoms with van der Waals surface area (Å²) < 4.78 is 20.0. The molecule has 0 aliphatic carbocycles. The van der Waals surface area contributed by atoms with Gasteiger partial charge in [-0.25, -0.2) is 9.37 Å².